The first-order valence-corrected chi connectivity index (χ1v) is 11.5. The Balaban J connectivity index is 1.60. The summed E-state index contributed by atoms with van der Waals surface area (Å²) in [6, 6.07) is 7.22. The molecule has 5 rings (SSSR count). The van der Waals surface area contributed by atoms with Crippen LogP contribution in [-0.2, 0) is 15.0 Å². The maximum atomic E-state index is 13.9. The number of benzene rings is 2. The average molecular weight is 488 g/mol. The molecule has 184 valence electrons. The first-order valence-electron chi connectivity index (χ1n) is 11.5. The number of ketones is 3. The number of hydrogen-bond acceptors (Lipinski definition) is 8. The molecule has 9 heteroatoms. The standard InChI is InChI=1S/C27H25N3O6/c1-11-22(33)20(14(4)31)24-21(23(11)34)27(5)18(36-24)10-17(32)19(25(27)35)12(2)28-13(3)26-29-15-8-6-7-9-16(15)30-26/h6-10,13,28,33-34H,1-5H3,(H,29,30)/b19-12+/t13-,27-/m0/s1. The molecule has 4 N–H and O–H groups in total. The van der Waals surface area contributed by atoms with Crippen molar-refractivity contribution in [2.45, 2.75) is 46.1 Å². The minimum atomic E-state index is -1.56. The minimum absolute atomic E-state index is 0.00261. The number of imidazole rings is 1. The van der Waals surface area contributed by atoms with Gasteiger partial charge in [0.2, 0.25) is 0 Å². The summed E-state index contributed by atoms with van der Waals surface area (Å²) in [5.41, 5.74) is 0.321. The molecule has 0 spiro atoms. The van der Waals surface area contributed by atoms with E-state index in [4.69, 9.17) is 4.74 Å². The third-order valence-corrected chi connectivity index (χ3v) is 7.01. The predicted octanol–water partition coefficient (Wildman–Crippen LogP) is 3.80. The second kappa shape index (κ2) is 7.81. The number of aromatic hydroxyl groups is 2. The second-order valence-electron chi connectivity index (χ2n) is 9.39. The van der Waals surface area contributed by atoms with Crippen molar-refractivity contribution in [2.75, 3.05) is 0 Å². The van der Waals surface area contributed by atoms with E-state index >= 15 is 0 Å². The Morgan fingerprint density at radius 3 is 2.53 bits per heavy atom. The van der Waals surface area contributed by atoms with Crippen molar-refractivity contribution in [1.29, 1.82) is 0 Å². The molecule has 1 aromatic heterocycles. The van der Waals surface area contributed by atoms with Crippen LogP contribution in [0.2, 0.25) is 0 Å². The van der Waals surface area contributed by atoms with Gasteiger partial charge in [-0.15, -0.1) is 0 Å². The van der Waals surface area contributed by atoms with E-state index in [9.17, 15) is 24.6 Å². The van der Waals surface area contributed by atoms with E-state index < -0.39 is 28.5 Å². The number of Topliss-reactive ketones (excluding diaryl/α,β-unsaturated/α-hetero) is 2. The Morgan fingerprint density at radius 1 is 1.17 bits per heavy atom. The minimum Gasteiger partial charge on any atom is -0.507 e. The van der Waals surface area contributed by atoms with Crippen molar-refractivity contribution in [1.82, 2.24) is 15.3 Å². The first kappa shape index (κ1) is 23.3. The molecule has 2 aromatic carbocycles. The summed E-state index contributed by atoms with van der Waals surface area (Å²) < 4.78 is 5.80. The van der Waals surface area contributed by atoms with Gasteiger partial charge in [-0.2, -0.15) is 0 Å². The number of hydrogen-bond donors (Lipinski definition) is 4. The fourth-order valence-electron chi connectivity index (χ4n) is 5.01. The molecular weight excluding hydrogens is 462 g/mol. The van der Waals surface area contributed by atoms with Gasteiger partial charge in [-0.1, -0.05) is 12.1 Å². The van der Waals surface area contributed by atoms with Gasteiger partial charge in [-0.3, -0.25) is 14.4 Å². The van der Waals surface area contributed by atoms with Crippen LogP contribution in [0.15, 0.2) is 47.4 Å². The molecular formula is C27H25N3O6. The largest absolute Gasteiger partial charge is 0.507 e. The first-order chi connectivity index (χ1) is 17.0. The van der Waals surface area contributed by atoms with Crippen LogP contribution in [0.1, 0.15) is 61.0 Å². The number of carbonyl (C=O) groups is 3. The Labute approximate surface area is 206 Å². The SMILES string of the molecule is CC(=O)c1c(O)c(C)c(O)c2c1OC1=CC(=O)/C(=C(/C)N[C@@H](C)c3nc4ccccc4[nH]3)C(=O)[C@@]12C. The molecule has 1 aliphatic heterocycles. The fraction of sp³-hybridized carbons (Fsp3) is 0.259. The van der Waals surface area contributed by atoms with Gasteiger partial charge in [0.25, 0.3) is 0 Å². The Bertz CT molecular complexity index is 1540. The number of nitrogens with zero attached hydrogens (tertiary/aromatic N) is 1. The lowest BCUT2D eigenvalue weighted by Gasteiger charge is -2.29. The molecule has 2 aliphatic rings. The maximum Gasteiger partial charge on any atom is 0.194 e. The van der Waals surface area contributed by atoms with E-state index in [2.05, 4.69) is 15.3 Å². The van der Waals surface area contributed by atoms with Crippen LogP contribution in [0.25, 0.3) is 11.0 Å². The summed E-state index contributed by atoms with van der Waals surface area (Å²) in [4.78, 5) is 47.1. The summed E-state index contributed by atoms with van der Waals surface area (Å²) in [6.45, 7) is 7.72. The number of nitrogens with one attached hydrogen (secondary N) is 2. The van der Waals surface area contributed by atoms with Crippen molar-refractivity contribution < 1.29 is 29.3 Å². The van der Waals surface area contributed by atoms with E-state index in [0.717, 1.165) is 11.0 Å². The summed E-state index contributed by atoms with van der Waals surface area (Å²) in [6.07, 6.45) is 1.20. The number of para-hydroxylation sites is 2. The van der Waals surface area contributed by atoms with Gasteiger partial charge in [-0.25, -0.2) is 4.98 Å². The zero-order valence-corrected chi connectivity index (χ0v) is 20.4. The molecule has 0 unspecified atom stereocenters. The van der Waals surface area contributed by atoms with E-state index in [1.807, 2.05) is 31.2 Å². The number of carbonyl (C=O) groups excluding carboxylic acids is 3. The van der Waals surface area contributed by atoms with Crippen molar-refractivity contribution in [2.24, 2.45) is 0 Å². The molecule has 9 nitrogen and oxygen atoms in total. The summed E-state index contributed by atoms with van der Waals surface area (Å²) in [7, 11) is 0. The monoisotopic (exact) mass is 487 g/mol. The Morgan fingerprint density at radius 2 is 1.86 bits per heavy atom. The van der Waals surface area contributed by atoms with Crippen molar-refractivity contribution in [3.63, 3.8) is 0 Å². The quantitative estimate of drug-likeness (QED) is 0.247. The molecule has 0 saturated heterocycles. The van der Waals surface area contributed by atoms with Crippen molar-refractivity contribution in [3.05, 3.63) is 69.9 Å². The predicted molar refractivity (Wildman–Crippen MR) is 131 cm³/mol. The highest BCUT2D eigenvalue weighted by Crippen LogP contribution is 2.57. The summed E-state index contributed by atoms with van der Waals surface area (Å²) >= 11 is 0. The fourth-order valence-corrected chi connectivity index (χ4v) is 5.01. The third kappa shape index (κ3) is 3.08. The zero-order chi connectivity index (χ0) is 26.1. The third-order valence-electron chi connectivity index (χ3n) is 7.01. The number of fused-ring (bicyclic) bond motifs is 4. The molecule has 36 heavy (non-hydrogen) atoms. The number of phenolic OH excluding ortho intramolecular Hbond substituents is 2. The van der Waals surface area contributed by atoms with Gasteiger partial charge in [0, 0.05) is 17.3 Å². The van der Waals surface area contributed by atoms with Crippen molar-refractivity contribution in [3.8, 4) is 17.2 Å². The Kier molecular flexibility index (Phi) is 5.06. The van der Waals surface area contributed by atoms with Crippen molar-refractivity contribution >= 4 is 28.4 Å². The molecule has 1 aliphatic carbocycles. The van der Waals surface area contributed by atoms with Crippen LogP contribution in [0.5, 0.6) is 17.2 Å². The summed E-state index contributed by atoms with van der Waals surface area (Å²) in [5.74, 6) is -1.90. The molecule has 0 saturated carbocycles. The van der Waals surface area contributed by atoms with Crippen LogP contribution in [0, 0.1) is 6.92 Å². The second-order valence-corrected chi connectivity index (χ2v) is 9.39. The van der Waals surface area contributed by atoms with E-state index in [0.29, 0.717) is 11.5 Å². The lowest BCUT2D eigenvalue weighted by molar-refractivity contribution is -0.123. The number of H-pyrrole nitrogens is 1. The molecule has 2 atom stereocenters. The normalized spacial score (nSPS) is 21.0. The van der Waals surface area contributed by atoms with Crippen LogP contribution < -0.4 is 10.1 Å². The topological polar surface area (TPSA) is 142 Å². The van der Waals surface area contributed by atoms with Gasteiger partial charge in [-0.05, 0) is 46.8 Å². The van der Waals surface area contributed by atoms with Gasteiger partial charge in [0.1, 0.15) is 39.8 Å². The molecule has 0 fully saturated rings. The van der Waals surface area contributed by atoms with Gasteiger partial charge >= 0.3 is 0 Å². The number of rotatable bonds is 4. The van der Waals surface area contributed by atoms with E-state index in [1.54, 1.807) is 6.92 Å². The van der Waals surface area contributed by atoms with Crippen LogP contribution in [-0.4, -0.2) is 37.5 Å². The molecule has 0 radical (unpaired) electrons. The number of aromatic amines is 1. The number of phenols is 2. The highest BCUT2D eigenvalue weighted by Gasteiger charge is 2.56. The van der Waals surface area contributed by atoms with Crippen LogP contribution >= 0.6 is 0 Å². The number of ether oxygens (including phenoxy) is 1. The van der Waals surface area contributed by atoms with E-state index in [-0.39, 0.29) is 45.6 Å². The van der Waals surface area contributed by atoms with Gasteiger partial charge < -0.3 is 25.3 Å². The highest BCUT2D eigenvalue weighted by molar-refractivity contribution is 6.31. The zero-order valence-electron chi connectivity index (χ0n) is 20.4. The average Bonchev–Trinajstić information content (AvgIpc) is 3.37. The van der Waals surface area contributed by atoms with Crippen LogP contribution in [0.3, 0.4) is 0 Å². The van der Waals surface area contributed by atoms with Crippen LogP contribution in [0.4, 0.5) is 0 Å². The van der Waals surface area contributed by atoms with Gasteiger partial charge in [0.15, 0.2) is 17.3 Å². The lowest BCUT2D eigenvalue weighted by Crippen LogP contribution is -2.41. The Hall–Kier alpha value is -4.40. The number of allylic oxidation sites excluding steroid dienone is 4. The number of aromatic nitrogens is 2. The van der Waals surface area contributed by atoms with E-state index in [1.165, 1.54) is 26.8 Å². The molecule has 0 bridgehead atoms. The van der Waals surface area contributed by atoms with Gasteiger partial charge in [0.05, 0.1) is 28.2 Å². The smallest absolute Gasteiger partial charge is 0.194 e. The highest BCUT2D eigenvalue weighted by atomic mass is 16.5. The lowest BCUT2D eigenvalue weighted by atomic mass is 9.70. The summed E-state index contributed by atoms with van der Waals surface area (Å²) in [5, 5.41) is 24.6. The molecule has 2 heterocycles. The molecule has 0 amide bonds. The maximum absolute atomic E-state index is 13.9. The molecule has 3 aromatic rings.